The fourth-order valence-electron chi connectivity index (χ4n) is 4.21. The smallest absolute Gasteiger partial charge is 0.253 e. The SMILES string of the molecule is Cc1cc(C)c(CNC(=O)c2cc(Cl)cc(N(C)C3CCN(C)CC3)c2C)c(=O)[nH]1. The molecule has 30 heavy (non-hydrogen) atoms. The first-order valence-electron chi connectivity index (χ1n) is 10.4. The lowest BCUT2D eigenvalue weighted by Gasteiger charge is -2.37. The van der Waals surface area contributed by atoms with Crippen LogP contribution in [0.2, 0.25) is 5.02 Å². The largest absolute Gasteiger partial charge is 0.371 e. The summed E-state index contributed by atoms with van der Waals surface area (Å²) in [6, 6.07) is 5.95. The number of H-pyrrole nitrogens is 1. The molecule has 1 saturated heterocycles. The van der Waals surface area contributed by atoms with Crippen molar-refractivity contribution in [1.29, 1.82) is 0 Å². The number of carbonyl (C=O) groups excluding carboxylic acids is 1. The van der Waals surface area contributed by atoms with Crippen molar-refractivity contribution in [2.24, 2.45) is 0 Å². The number of nitrogens with one attached hydrogen (secondary N) is 2. The number of anilines is 1. The molecule has 7 heteroatoms. The lowest BCUT2D eigenvalue weighted by Crippen LogP contribution is -2.42. The van der Waals surface area contributed by atoms with Crippen molar-refractivity contribution in [2.75, 3.05) is 32.1 Å². The monoisotopic (exact) mass is 430 g/mol. The second kappa shape index (κ2) is 9.23. The second-order valence-corrected chi connectivity index (χ2v) is 8.80. The van der Waals surface area contributed by atoms with Crippen LogP contribution in [0, 0.1) is 20.8 Å². The molecule has 2 heterocycles. The van der Waals surface area contributed by atoms with Crippen molar-refractivity contribution in [2.45, 2.75) is 46.2 Å². The molecule has 0 bridgehead atoms. The van der Waals surface area contributed by atoms with Crippen LogP contribution in [-0.2, 0) is 6.54 Å². The third-order valence-electron chi connectivity index (χ3n) is 6.13. The first kappa shape index (κ1) is 22.4. The zero-order valence-electron chi connectivity index (χ0n) is 18.4. The molecule has 6 nitrogen and oxygen atoms in total. The van der Waals surface area contributed by atoms with E-state index in [0.29, 0.717) is 22.2 Å². The van der Waals surface area contributed by atoms with Crippen LogP contribution in [0.1, 0.15) is 45.6 Å². The number of aromatic nitrogens is 1. The van der Waals surface area contributed by atoms with Crippen molar-refractivity contribution < 1.29 is 4.79 Å². The van der Waals surface area contributed by atoms with E-state index in [0.717, 1.165) is 48.4 Å². The van der Waals surface area contributed by atoms with Crippen molar-refractivity contribution in [3.63, 3.8) is 0 Å². The molecule has 0 radical (unpaired) electrons. The van der Waals surface area contributed by atoms with Crippen LogP contribution in [0.15, 0.2) is 23.0 Å². The molecule has 0 aliphatic carbocycles. The Morgan fingerprint density at radius 2 is 1.90 bits per heavy atom. The van der Waals surface area contributed by atoms with Gasteiger partial charge in [-0.3, -0.25) is 9.59 Å². The van der Waals surface area contributed by atoms with Crippen LogP contribution in [0.4, 0.5) is 5.69 Å². The quantitative estimate of drug-likeness (QED) is 0.762. The highest BCUT2D eigenvalue weighted by Crippen LogP contribution is 2.30. The van der Waals surface area contributed by atoms with E-state index in [1.807, 2.05) is 32.9 Å². The van der Waals surface area contributed by atoms with E-state index in [2.05, 4.69) is 34.2 Å². The average molecular weight is 431 g/mol. The van der Waals surface area contributed by atoms with Crippen molar-refractivity contribution in [3.8, 4) is 0 Å². The van der Waals surface area contributed by atoms with Gasteiger partial charge in [0, 0.05) is 47.2 Å². The van der Waals surface area contributed by atoms with Gasteiger partial charge in [-0.1, -0.05) is 11.6 Å². The van der Waals surface area contributed by atoms with Gasteiger partial charge in [0.1, 0.15) is 0 Å². The fourth-order valence-corrected chi connectivity index (χ4v) is 4.42. The van der Waals surface area contributed by atoms with Gasteiger partial charge >= 0.3 is 0 Å². The van der Waals surface area contributed by atoms with E-state index < -0.39 is 0 Å². The van der Waals surface area contributed by atoms with Gasteiger partial charge in [0.2, 0.25) is 0 Å². The Morgan fingerprint density at radius 1 is 1.23 bits per heavy atom. The summed E-state index contributed by atoms with van der Waals surface area (Å²) in [6.45, 7) is 7.97. The third-order valence-corrected chi connectivity index (χ3v) is 6.34. The van der Waals surface area contributed by atoms with Crippen LogP contribution < -0.4 is 15.8 Å². The number of carbonyl (C=O) groups is 1. The molecule has 2 aromatic rings. The molecule has 0 unspecified atom stereocenters. The lowest BCUT2D eigenvalue weighted by molar-refractivity contribution is 0.0950. The maximum absolute atomic E-state index is 13.0. The van der Waals surface area contributed by atoms with Gasteiger partial charge in [-0.2, -0.15) is 0 Å². The number of piperidine rings is 1. The number of halogens is 1. The Morgan fingerprint density at radius 3 is 2.53 bits per heavy atom. The molecular formula is C23H31ClN4O2. The van der Waals surface area contributed by atoms with Gasteiger partial charge in [-0.25, -0.2) is 0 Å². The maximum atomic E-state index is 13.0. The Kier molecular flexibility index (Phi) is 6.88. The number of nitrogens with zero attached hydrogens (tertiary/aromatic N) is 2. The summed E-state index contributed by atoms with van der Waals surface area (Å²) >= 11 is 6.39. The minimum Gasteiger partial charge on any atom is -0.371 e. The second-order valence-electron chi connectivity index (χ2n) is 8.37. The zero-order valence-corrected chi connectivity index (χ0v) is 19.2. The highest BCUT2D eigenvalue weighted by Gasteiger charge is 2.24. The van der Waals surface area contributed by atoms with E-state index in [1.54, 1.807) is 6.07 Å². The van der Waals surface area contributed by atoms with Crippen LogP contribution in [0.25, 0.3) is 0 Å². The predicted octanol–water partition coefficient (Wildman–Crippen LogP) is 3.41. The molecule has 3 rings (SSSR count). The lowest BCUT2D eigenvalue weighted by atomic mass is 10.00. The van der Waals surface area contributed by atoms with Crippen LogP contribution in [0.5, 0.6) is 0 Å². The molecule has 2 N–H and O–H groups in total. The van der Waals surface area contributed by atoms with Crippen molar-refractivity contribution >= 4 is 23.2 Å². The topological polar surface area (TPSA) is 68.4 Å². The van der Waals surface area contributed by atoms with E-state index in [-0.39, 0.29) is 18.0 Å². The first-order valence-corrected chi connectivity index (χ1v) is 10.7. The number of aryl methyl sites for hydroxylation is 2. The summed E-state index contributed by atoms with van der Waals surface area (Å²) in [5.74, 6) is -0.229. The van der Waals surface area contributed by atoms with Crippen LogP contribution >= 0.6 is 11.6 Å². The standard InChI is InChI=1S/C23H31ClN4O2/c1-14-10-15(2)26-23(30)20(14)13-25-22(29)19-11-17(24)12-21(16(19)3)28(5)18-6-8-27(4)9-7-18/h10-12,18H,6-9,13H2,1-5H3,(H,25,29)(H,26,30). The van der Waals surface area contributed by atoms with Crippen molar-refractivity contribution in [3.05, 3.63) is 61.5 Å². The average Bonchev–Trinajstić information content (AvgIpc) is 2.68. The molecule has 1 aromatic heterocycles. The van der Waals surface area contributed by atoms with Crippen molar-refractivity contribution in [1.82, 2.24) is 15.2 Å². The summed E-state index contributed by atoms with van der Waals surface area (Å²) in [5, 5.41) is 3.43. The predicted molar refractivity (Wildman–Crippen MR) is 123 cm³/mol. The van der Waals surface area contributed by atoms with E-state index >= 15 is 0 Å². The molecule has 162 valence electrons. The molecule has 1 amide bonds. The number of rotatable bonds is 5. The minimum absolute atomic E-state index is 0.168. The summed E-state index contributed by atoms with van der Waals surface area (Å²) in [4.78, 5) is 32.6. The highest BCUT2D eigenvalue weighted by atomic mass is 35.5. The van der Waals surface area contributed by atoms with E-state index in [4.69, 9.17) is 11.6 Å². The number of hydrogen-bond acceptors (Lipinski definition) is 4. The van der Waals surface area contributed by atoms with Crippen LogP contribution in [0.3, 0.4) is 0 Å². The summed E-state index contributed by atoms with van der Waals surface area (Å²) in [6.07, 6.45) is 2.16. The van der Waals surface area contributed by atoms with E-state index in [1.165, 1.54) is 0 Å². The Bertz CT molecular complexity index is 993. The Balaban J connectivity index is 1.81. The summed E-state index contributed by atoms with van der Waals surface area (Å²) < 4.78 is 0. The number of likely N-dealkylation sites (tertiary alicyclic amines) is 1. The fraction of sp³-hybridized carbons (Fsp3) is 0.478. The molecule has 0 saturated carbocycles. The number of aromatic amines is 1. The van der Waals surface area contributed by atoms with Crippen LogP contribution in [-0.4, -0.2) is 49.0 Å². The molecule has 1 aliphatic heterocycles. The van der Waals surface area contributed by atoms with Gasteiger partial charge in [-0.05, 0) is 83.1 Å². The number of benzene rings is 1. The maximum Gasteiger partial charge on any atom is 0.253 e. The zero-order chi connectivity index (χ0) is 22.0. The van der Waals surface area contributed by atoms with Gasteiger partial charge in [0.05, 0.1) is 0 Å². The van der Waals surface area contributed by atoms with Gasteiger partial charge < -0.3 is 20.1 Å². The first-order chi connectivity index (χ1) is 14.2. The summed E-state index contributed by atoms with van der Waals surface area (Å²) in [5.41, 5.74) is 4.48. The number of hydrogen-bond donors (Lipinski definition) is 2. The summed E-state index contributed by atoms with van der Waals surface area (Å²) in [7, 11) is 4.22. The Hall–Kier alpha value is -2.31. The van der Waals surface area contributed by atoms with E-state index in [9.17, 15) is 9.59 Å². The molecule has 1 aromatic carbocycles. The molecular weight excluding hydrogens is 400 g/mol. The number of pyridine rings is 1. The third kappa shape index (κ3) is 4.87. The van der Waals surface area contributed by atoms with Gasteiger partial charge in [-0.15, -0.1) is 0 Å². The molecule has 1 aliphatic rings. The molecule has 0 atom stereocenters. The highest BCUT2D eigenvalue weighted by molar-refractivity contribution is 6.31. The molecule has 0 spiro atoms. The van der Waals surface area contributed by atoms with Gasteiger partial charge in [0.25, 0.3) is 11.5 Å². The Labute approximate surface area is 183 Å². The normalized spacial score (nSPS) is 15.3. The molecule has 1 fully saturated rings. The van der Waals surface area contributed by atoms with Gasteiger partial charge in [0.15, 0.2) is 0 Å². The number of amides is 1. The minimum atomic E-state index is -0.229.